The van der Waals surface area contributed by atoms with Gasteiger partial charge in [0.2, 0.25) is 5.91 Å². The second-order valence-corrected chi connectivity index (χ2v) is 8.09. The van der Waals surface area contributed by atoms with Crippen molar-refractivity contribution in [2.24, 2.45) is 4.99 Å². The van der Waals surface area contributed by atoms with Gasteiger partial charge in [0.05, 0.1) is 11.4 Å². The summed E-state index contributed by atoms with van der Waals surface area (Å²) < 4.78 is 36.0. The predicted octanol–water partition coefficient (Wildman–Crippen LogP) is 2.19. The summed E-state index contributed by atoms with van der Waals surface area (Å²) >= 11 is 0. The van der Waals surface area contributed by atoms with Gasteiger partial charge in [0.25, 0.3) is 0 Å². The zero-order valence-electron chi connectivity index (χ0n) is 16.1. The summed E-state index contributed by atoms with van der Waals surface area (Å²) in [5.41, 5.74) is 1.35. The fourth-order valence-corrected chi connectivity index (χ4v) is 3.02. The van der Waals surface area contributed by atoms with Gasteiger partial charge in [-0.25, -0.2) is 12.8 Å². The highest BCUT2D eigenvalue weighted by molar-refractivity contribution is 14.0. The highest BCUT2D eigenvalue weighted by Crippen LogP contribution is 2.10. The summed E-state index contributed by atoms with van der Waals surface area (Å²) in [6, 6.07) is 12.3. The lowest BCUT2D eigenvalue weighted by Gasteiger charge is -2.12. The molecule has 0 aliphatic rings. The molecule has 2 aromatic carbocycles. The van der Waals surface area contributed by atoms with Crippen LogP contribution in [0.25, 0.3) is 0 Å². The highest BCUT2D eigenvalue weighted by Gasteiger charge is 2.07. The third-order valence-corrected chi connectivity index (χ3v) is 4.93. The van der Waals surface area contributed by atoms with Crippen molar-refractivity contribution in [2.45, 2.75) is 11.3 Å². The molecule has 1 amide bonds. The number of benzene rings is 2. The third-order valence-electron chi connectivity index (χ3n) is 3.81. The van der Waals surface area contributed by atoms with Crippen LogP contribution in [-0.2, 0) is 21.1 Å². The number of hydrogen-bond acceptors (Lipinski definition) is 4. The molecule has 0 bridgehead atoms. The molecule has 0 aliphatic heterocycles. The Morgan fingerprint density at radius 1 is 1.10 bits per heavy atom. The summed E-state index contributed by atoms with van der Waals surface area (Å²) in [7, 11) is -1.62. The number of hydrogen-bond donors (Lipinski definition) is 3. The lowest BCUT2D eigenvalue weighted by atomic mass is 10.1. The minimum atomic E-state index is -3.20. The van der Waals surface area contributed by atoms with Crippen molar-refractivity contribution in [3.8, 4) is 0 Å². The van der Waals surface area contributed by atoms with Crippen LogP contribution in [0.2, 0.25) is 0 Å². The van der Waals surface area contributed by atoms with E-state index in [2.05, 4.69) is 20.9 Å². The lowest BCUT2D eigenvalue weighted by Crippen LogP contribution is -2.42. The number of nitrogens with zero attached hydrogens (tertiary/aromatic N) is 1. The summed E-state index contributed by atoms with van der Waals surface area (Å²) in [5, 5.41) is 8.53. The molecule has 7 nitrogen and oxygen atoms in total. The zero-order valence-corrected chi connectivity index (χ0v) is 19.3. The van der Waals surface area contributed by atoms with Gasteiger partial charge < -0.3 is 16.0 Å². The van der Waals surface area contributed by atoms with Gasteiger partial charge in [-0.15, -0.1) is 24.0 Å². The molecule has 2 aromatic rings. The molecule has 10 heteroatoms. The minimum absolute atomic E-state index is 0. The van der Waals surface area contributed by atoms with Crippen molar-refractivity contribution >= 4 is 51.4 Å². The average molecular weight is 534 g/mol. The van der Waals surface area contributed by atoms with Gasteiger partial charge in [-0.2, -0.15) is 0 Å². The van der Waals surface area contributed by atoms with Gasteiger partial charge in [0.1, 0.15) is 5.82 Å². The SMILES string of the molecule is CN=C(NCCc1ccc(S(C)(=O)=O)cc1)NCC(=O)Nc1cccc(F)c1.I. The van der Waals surface area contributed by atoms with Crippen LogP contribution in [0.4, 0.5) is 10.1 Å². The Morgan fingerprint density at radius 3 is 2.38 bits per heavy atom. The van der Waals surface area contributed by atoms with Crippen molar-refractivity contribution in [1.82, 2.24) is 10.6 Å². The van der Waals surface area contributed by atoms with Crippen molar-refractivity contribution < 1.29 is 17.6 Å². The topological polar surface area (TPSA) is 99.7 Å². The summed E-state index contributed by atoms with van der Waals surface area (Å²) in [6.07, 6.45) is 1.82. The predicted molar refractivity (Wildman–Crippen MR) is 123 cm³/mol. The van der Waals surface area contributed by atoms with Crippen LogP contribution in [0.1, 0.15) is 5.56 Å². The number of guanidine groups is 1. The van der Waals surface area contributed by atoms with Gasteiger partial charge >= 0.3 is 0 Å². The first kappa shape index (κ1) is 24.8. The number of sulfone groups is 1. The molecule has 0 unspecified atom stereocenters. The van der Waals surface area contributed by atoms with E-state index in [1.807, 2.05) is 0 Å². The van der Waals surface area contributed by atoms with E-state index in [1.54, 1.807) is 37.4 Å². The Morgan fingerprint density at radius 2 is 1.79 bits per heavy atom. The van der Waals surface area contributed by atoms with E-state index in [0.29, 0.717) is 24.6 Å². The number of anilines is 1. The molecule has 158 valence electrons. The average Bonchev–Trinajstić information content (AvgIpc) is 2.64. The molecule has 0 fully saturated rings. The smallest absolute Gasteiger partial charge is 0.243 e. The molecule has 0 heterocycles. The van der Waals surface area contributed by atoms with E-state index < -0.39 is 15.7 Å². The molecule has 0 saturated heterocycles. The van der Waals surface area contributed by atoms with Gasteiger partial charge in [0, 0.05) is 25.5 Å². The lowest BCUT2D eigenvalue weighted by molar-refractivity contribution is -0.115. The summed E-state index contributed by atoms with van der Waals surface area (Å²) in [4.78, 5) is 16.2. The molecular formula is C19H24FIN4O3S. The molecule has 0 saturated carbocycles. The fourth-order valence-electron chi connectivity index (χ4n) is 2.38. The van der Waals surface area contributed by atoms with Crippen LogP contribution >= 0.6 is 24.0 Å². The number of amides is 1. The maximum Gasteiger partial charge on any atom is 0.243 e. The van der Waals surface area contributed by atoms with Crippen LogP contribution < -0.4 is 16.0 Å². The minimum Gasteiger partial charge on any atom is -0.356 e. The standard InChI is InChI=1S/C19H23FN4O3S.HI/c1-21-19(23-13-18(25)24-16-5-3-4-15(20)12-16)22-11-10-14-6-8-17(9-7-14)28(2,26)27;/h3-9,12H,10-11,13H2,1-2H3,(H,24,25)(H2,21,22,23);1H. The second kappa shape index (κ2) is 11.7. The largest absolute Gasteiger partial charge is 0.356 e. The molecule has 0 spiro atoms. The van der Waals surface area contributed by atoms with Gasteiger partial charge in [-0.3, -0.25) is 9.79 Å². The van der Waals surface area contributed by atoms with Crippen molar-refractivity contribution in [3.63, 3.8) is 0 Å². The van der Waals surface area contributed by atoms with Crippen molar-refractivity contribution in [1.29, 1.82) is 0 Å². The number of halogens is 2. The zero-order chi connectivity index (χ0) is 20.6. The Bertz CT molecular complexity index is 950. The van der Waals surface area contributed by atoms with Gasteiger partial charge in [0.15, 0.2) is 15.8 Å². The number of carbonyl (C=O) groups is 1. The van der Waals surface area contributed by atoms with Crippen LogP contribution in [0.5, 0.6) is 0 Å². The maximum absolute atomic E-state index is 13.1. The molecule has 0 aromatic heterocycles. The normalized spacial score (nSPS) is 11.3. The summed E-state index contributed by atoms with van der Waals surface area (Å²) in [5.74, 6) is -0.306. The van der Waals surface area contributed by atoms with Gasteiger partial charge in [-0.05, 0) is 42.3 Å². The van der Waals surface area contributed by atoms with Crippen LogP contribution in [0.15, 0.2) is 58.4 Å². The Hall–Kier alpha value is -2.21. The Balaban J connectivity index is 0.00000420. The molecule has 0 atom stereocenters. The fraction of sp³-hybridized carbons (Fsp3) is 0.263. The Kier molecular flexibility index (Phi) is 10.0. The molecular weight excluding hydrogens is 510 g/mol. The van der Waals surface area contributed by atoms with E-state index in [-0.39, 0.29) is 41.3 Å². The molecule has 0 aliphatic carbocycles. The first-order valence-electron chi connectivity index (χ1n) is 8.57. The highest BCUT2D eigenvalue weighted by atomic mass is 127. The molecule has 0 radical (unpaired) electrons. The number of rotatable bonds is 7. The van der Waals surface area contributed by atoms with Crippen LogP contribution in [0.3, 0.4) is 0 Å². The Labute approximate surface area is 187 Å². The van der Waals surface area contributed by atoms with E-state index in [0.717, 1.165) is 5.56 Å². The molecule has 3 N–H and O–H groups in total. The van der Waals surface area contributed by atoms with Gasteiger partial charge in [-0.1, -0.05) is 18.2 Å². The van der Waals surface area contributed by atoms with Crippen LogP contribution in [0, 0.1) is 5.82 Å². The molecule has 29 heavy (non-hydrogen) atoms. The quantitative estimate of drug-likeness (QED) is 0.288. The second-order valence-electron chi connectivity index (χ2n) is 6.08. The van der Waals surface area contributed by atoms with Crippen molar-refractivity contribution in [3.05, 3.63) is 59.9 Å². The van der Waals surface area contributed by atoms with E-state index in [1.165, 1.54) is 24.5 Å². The number of carbonyl (C=O) groups excluding carboxylic acids is 1. The maximum atomic E-state index is 13.1. The van der Waals surface area contributed by atoms with E-state index in [4.69, 9.17) is 0 Å². The van der Waals surface area contributed by atoms with E-state index in [9.17, 15) is 17.6 Å². The van der Waals surface area contributed by atoms with Crippen LogP contribution in [-0.4, -0.2) is 46.7 Å². The monoisotopic (exact) mass is 534 g/mol. The summed E-state index contributed by atoms with van der Waals surface area (Å²) in [6.45, 7) is 0.517. The van der Waals surface area contributed by atoms with Crippen molar-refractivity contribution in [2.75, 3.05) is 31.7 Å². The third kappa shape index (κ3) is 8.77. The number of aliphatic imine (C=N–C) groups is 1. The molecule has 2 rings (SSSR count). The van der Waals surface area contributed by atoms with E-state index >= 15 is 0 Å². The number of nitrogens with one attached hydrogen (secondary N) is 3. The first-order chi connectivity index (χ1) is 13.3. The first-order valence-corrected chi connectivity index (χ1v) is 10.5.